The normalized spacial score (nSPS) is 9.69. The van der Waals surface area contributed by atoms with Gasteiger partial charge in [0, 0.05) is 6.54 Å². The Morgan fingerprint density at radius 2 is 1.88 bits per heavy atom. The Bertz CT molecular complexity index is 300. The maximum Gasteiger partial charge on any atom is 0.165 e. The first kappa shape index (κ1) is 14.9. The Labute approximate surface area is 98.0 Å². The number of likely N-dealkylation sites (N-methyl/N-ethyl adjacent to an activating group) is 1. The van der Waals surface area contributed by atoms with Crippen molar-refractivity contribution in [1.82, 2.24) is 4.90 Å². The summed E-state index contributed by atoms with van der Waals surface area (Å²) in [6.07, 6.45) is 0. The molecule has 1 aromatic rings. The van der Waals surface area contributed by atoms with E-state index in [0.29, 0.717) is 12.4 Å². The van der Waals surface area contributed by atoms with E-state index < -0.39 is 0 Å². The van der Waals surface area contributed by atoms with Crippen molar-refractivity contribution in [3.05, 3.63) is 29.6 Å². The van der Waals surface area contributed by atoms with Crippen LogP contribution < -0.4 is 4.74 Å². The van der Waals surface area contributed by atoms with Crippen molar-refractivity contribution in [3.63, 3.8) is 0 Å². The molecule has 0 saturated heterocycles. The summed E-state index contributed by atoms with van der Waals surface area (Å²) in [4.78, 5) is 1.99. The monoisotopic (exact) mass is 227 g/mol. The smallest absolute Gasteiger partial charge is 0.165 e. The fraction of sp³-hybridized carbons (Fsp3) is 0.538. The van der Waals surface area contributed by atoms with E-state index in [4.69, 9.17) is 4.74 Å². The van der Waals surface area contributed by atoms with Gasteiger partial charge < -0.3 is 9.64 Å². The first-order chi connectivity index (χ1) is 7.59. The number of nitrogens with zero attached hydrogens (tertiary/aromatic N) is 1. The van der Waals surface area contributed by atoms with E-state index in [0.717, 1.165) is 12.1 Å². The number of ether oxygens (including phenoxy) is 1. The quantitative estimate of drug-likeness (QED) is 0.783. The molecule has 0 radical (unpaired) electrons. The molecule has 1 aromatic carbocycles. The third-order valence-electron chi connectivity index (χ3n) is 1.88. The van der Waals surface area contributed by atoms with Crippen molar-refractivity contribution in [1.29, 1.82) is 0 Å². The maximum atomic E-state index is 13.2. The van der Waals surface area contributed by atoms with Crippen molar-refractivity contribution in [2.24, 2.45) is 0 Å². The minimum Gasteiger partial charge on any atom is -0.489 e. The van der Waals surface area contributed by atoms with E-state index in [9.17, 15) is 4.39 Å². The van der Waals surface area contributed by atoms with Crippen molar-refractivity contribution >= 4 is 0 Å². The van der Waals surface area contributed by atoms with E-state index in [1.165, 1.54) is 6.07 Å². The highest BCUT2D eigenvalue weighted by Gasteiger charge is 2.02. The highest BCUT2D eigenvalue weighted by molar-refractivity contribution is 5.28. The molecule has 0 aliphatic rings. The van der Waals surface area contributed by atoms with Crippen molar-refractivity contribution in [2.45, 2.75) is 20.8 Å². The molecular formula is C13H22FNO. The number of benzene rings is 1. The molecule has 92 valence electrons. The molecule has 0 bridgehead atoms. The van der Waals surface area contributed by atoms with Crippen LogP contribution in [0.15, 0.2) is 18.2 Å². The molecule has 0 spiro atoms. The highest BCUT2D eigenvalue weighted by Crippen LogP contribution is 2.17. The van der Waals surface area contributed by atoms with Crippen molar-refractivity contribution in [3.8, 4) is 5.75 Å². The lowest BCUT2D eigenvalue weighted by atomic mass is 10.2. The van der Waals surface area contributed by atoms with Crippen LogP contribution in [0.3, 0.4) is 0 Å². The summed E-state index contributed by atoms with van der Waals surface area (Å²) >= 11 is 0. The minimum atomic E-state index is -0.288. The summed E-state index contributed by atoms with van der Waals surface area (Å²) in [5.74, 6) is 0.0428. The fourth-order valence-electron chi connectivity index (χ4n) is 1.06. The summed E-state index contributed by atoms with van der Waals surface area (Å²) in [5, 5.41) is 0. The summed E-state index contributed by atoms with van der Waals surface area (Å²) in [7, 11) is 3.91. The Hall–Kier alpha value is -1.09. The van der Waals surface area contributed by atoms with Gasteiger partial charge in [-0.15, -0.1) is 0 Å². The van der Waals surface area contributed by atoms with Crippen LogP contribution in [0.25, 0.3) is 0 Å². The number of halogens is 1. The zero-order valence-electron chi connectivity index (χ0n) is 10.9. The molecule has 0 N–H and O–H groups in total. The van der Waals surface area contributed by atoms with E-state index in [1.807, 2.05) is 45.8 Å². The summed E-state index contributed by atoms with van der Waals surface area (Å²) in [6.45, 7) is 7.15. The van der Waals surface area contributed by atoms with E-state index in [1.54, 1.807) is 6.07 Å². The van der Waals surface area contributed by atoms with Gasteiger partial charge in [0.1, 0.15) is 6.61 Å². The van der Waals surface area contributed by atoms with Crippen LogP contribution in [0.2, 0.25) is 0 Å². The topological polar surface area (TPSA) is 12.5 Å². The predicted molar refractivity (Wildman–Crippen MR) is 66.5 cm³/mol. The molecule has 16 heavy (non-hydrogen) atoms. The summed E-state index contributed by atoms with van der Waals surface area (Å²) in [6, 6.07) is 4.99. The number of hydrogen-bond donors (Lipinski definition) is 0. The van der Waals surface area contributed by atoms with Gasteiger partial charge in [-0.2, -0.15) is 0 Å². The molecule has 0 aliphatic carbocycles. The lowest BCUT2D eigenvalue weighted by Gasteiger charge is -2.11. The Kier molecular flexibility index (Phi) is 7.56. The van der Waals surface area contributed by atoms with Crippen LogP contribution in [-0.2, 0) is 0 Å². The first-order valence-corrected chi connectivity index (χ1v) is 5.63. The van der Waals surface area contributed by atoms with Crippen LogP contribution in [0.5, 0.6) is 5.75 Å². The first-order valence-electron chi connectivity index (χ1n) is 5.63. The van der Waals surface area contributed by atoms with Gasteiger partial charge in [-0.25, -0.2) is 4.39 Å². The highest BCUT2D eigenvalue weighted by atomic mass is 19.1. The zero-order valence-corrected chi connectivity index (χ0v) is 10.9. The predicted octanol–water partition coefficient (Wildman–Crippen LogP) is 3.10. The molecule has 0 aromatic heterocycles. The summed E-state index contributed by atoms with van der Waals surface area (Å²) in [5.41, 5.74) is 0.905. The van der Waals surface area contributed by atoms with Crippen molar-refractivity contribution in [2.75, 3.05) is 27.2 Å². The molecule has 0 saturated carbocycles. The molecule has 0 fully saturated rings. The number of aryl methyl sites for hydroxylation is 1. The Morgan fingerprint density at radius 3 is 2.38 bits per heavy atom. The third-order valence-corrected chi connectivity index (χ3v) is 1.88. The molecule has 0 amide bonds. The van der Waals surface area contributed by atoms with Crippen molar-refractivity contribution < 1.29 is 9.13 Å². The van der Waals surface area contributed by atoms with Crippen LogP contribution in [0, 0.1) is 12.7 Å². The molecule has 2 nitrogen and oxygen atoms in total. The van der Waals surface area contributed by atoms with Gasteiger partial charge in [0.05, 0.1) is 0 Å². The van der Waals surface area contributed by atoms with E-state index >= 15 is 0 Å². The van der Waals surface area contributed by atoms with Gasteiger partial charge in [0.25, 0.3) is 0 Å². The minimum absolute atomic E-state index is 0.288. The largest absolute Gasteiger partial charge is 0.489 e. The van der Waals surface area contributed by atoms with Gasteiger partial charge in [-0.1, -0.05) is 19.9 Å². The second kappa shape index (κ2) is 8.11. The fourth-order valence-corrected chi connectivity index (χ4v) is 1.06. The van der Waals surface area contributed by atoms with Gasteiger partial charge >= 0.3 is 0 Å². The molecule has 3 heteroatoms. The number of rotatable bonds is 4. The second-order valence-electron chi connectivity index (χ2n) is 3.59. The van der Waals surface area contributed by atoms with E-state index in [2.05, 4.69) is 0 Å². The molecule has 0 aliphatic heterocycles. The average Bonchev–Trinajstić information content (AvgIpc) is 2.24. The Morgan fingerprint density at radius 1 is 1.25 bits per heavy atom. The summed E-state index contributed by atoms with van der Waals surface area (Å²) < 4.78 is 18.5. The van der Waals surface area contributed by atoms with Gasteiger partial charge in [0.15, 0.2) is 11.6 Å². The Balaban J connectivity index is 0.00000106. The lowest BCUT2D eigenvalue weighted by molar-refractivity contribution is 0.252. The molecule has 0 atom stereocenters. The molecule has 1 rings (SSSR count). The van der Waals surface area contributed by atoms with Crippen LogP contribution in [0.4, 0.5) is 4.39 Å². The zero-order chi connectivity index (χ0) is 12.6. The van der Waals surface area contributed by atoms with E-state index in [-0.39, 0.29) is 5.82 Å². The van der Waals surface area contributed by atoms with Gasteiger partial charge in [-0.05, 0) is 38.7 Å². The third kappa shape index (κ3) is 5.71. The average molecular weight is 227 g/mol. The second-order valence-corrected chi connectivity index (χ2v) is 3.59. The number of hydrogen-bond acceptors (Lipinski definition) is 2. The molecule has 0 unspecified atom stereocenters. The standard InChI is InChI=1S/C11H16FNO.C2H6/c1-9-4-5-11(10(12)8-9)14-7-6-13(2)3;1-2/h4-5,8H,6-7H2,1-3H3;1-2H3. The van der Waals surface area contributed by atoms with Gasteiger partial charge in [-0.3, -0.25) is 0 Å². The SMILES string of the molecule is CC.Cc1ccc(OCCN(C)C)c(F)c1. The lowest BCUT2D eigenvalue weighted by Crippen LogP contribution is -2.19. The van der Waals surface area contributed by atoms with Crippen LogP contribution >= 0.6 is 0 Å². The van der Waals surface area contributed by atoms with Crippen LogP contribution in [0.1, 0.15) is 19.4 Å². The maximum absolute atomic E-state index is 13.2. The molecule has 0 heterocycles. The van der Waals surface area contributed by atoms with Crippen LogP contribution in [-0.4, -0.2) is 32.1 Å². The molecular weight excluding hydrogens is 205 g/mol. The van der Waals surface area contributed by atoms with Gasteiger partial charge in [0.2, 0.25) is 0 Å².